The monoisotopic (exact) mass is 713 g/mol. The number of hydrogen-bond donors (Lipinski definition) is 0. The number of rotatable bonds is 11. The highest BCUT2D eigenvalue weighted by Crippen LogP contribution is 2.42. The summed E-state index contributed by atoms with van der Waals surface area (Å²) in [6, 6.07) is 12.9. The van der Waals surface area contributed by atoms with Crippen LogP contribution in [0.25, 0.3) is 22.3 Å². The van der Waals surface area contributed by atoms with Crippen molar-refractivity contribution >= 4 is 54.9 Å². The molecular formula is C32H33Br2N3O6. The lowest BCUT2D eigenvalue weighted by Crippen LogP contribution is -2.21. The zero-order valence-electron chi connectivity index (χ0n) is 24.9. The van der Waals surface area contributed by atoms with E-state index in [0.717, 1.165) is 22.4 Å². The van der Waals surface area contributed by atoms with E-state index in [1.807, 2.05) is 38.1 Å². The van der Waals surface area contributed by atoms with Gasteiger partial charge in [0.15, 0.2) is 23.9 Å². The first-order chi connectivity index (χ1) is 20.6. The van der Waals surface area contributed by atoms with E-state index in [1.54, 1.807) is 38.4 Å². The number of esters is 1. The molecule has 0 N–H and O–H groups in total. The number of hydrogen-bond acceptors (Lipinski definition) is 8. The molecule has 4 rings (SSSR count). The minimum atomic E-state index is -0.497. The van der Waals surface area contributed by atoms with Gasteiger partial charge in [0.2, 0.25) is 0 Å². The number of para-hydroxylation sites is 1. The molecule has 0 unspecified atom stereocenters. The minimum Gasteiger partial charge on any atom is -0.496 e. The third-order valence-corrected chi connectivity index (χ3v) is 8.74. The fourth-order valence-corrected chi connectivity index (χ4v) is 5.46. The second-order valence-electron chi connectivity index (χ2n) is 9.83. The normalized spacial score (nSPS) is 11.4. The molecule has 0 aliphatic heterocycles. The highest BCUT2D eigenvalue weighted by atomic mass is 79.9. The molecule has 0 radical (unpaired) electrons. The summed E-state index contributed by atoms with van der Waals surface area (Å²) in [5.74, 6) is 1.57. The van der Waals surface area contributed by atoms with Crippen molar-refractivity contribution in [2.24, 2.45) is 5.10 Å². The fraction of sp³-hybridized carbons (Fsp3) is 0.312. The first-order valence-corrected chi connectivity index (χ1v) is 15.4. The number of carbonyl (C=O) groups excluding carboxylic acids is 1. The summed E-state index contributed by atoms with van der Waals surface area (Å²) < 4.78 is 24.6. The third kappa shape index (κ3) is 6.94. The minimum absolute atomic E-state index is 0.174. The first-order valence-electron chi connectivity index (χ1n) is 13.8. The van der Waals surface area contributed by atoms with Crippen molar-refractivity contribution in [1.29, 1.82) is 0 Å². The standard InChI is InChI=1S/C32H33Br2N3O6/c1-7-41-26-14-20(28(33)29(34)30(26)43-17-27(38)42-8-2)16-35-37-31(36-24-12-10-9-11-21(24)32(37)39)23-15-22(18(3)4)25(40-6)13-19(23)5/h9-16,18H,7-8,17H2,1-6H3. The molecule has 0 bridgehead atoms. The molecule has 0 saturated heterocycles. The summed E-state index contributed by atoms with van der Waals surface area (Å²) in [6.07, 6.45) is 1.55. The van der Waals surface area contributed by atoms with Gasteiger partial charge in [0, 0.05) is 15.6 Å². The second kappa shape index (κ2) is 14.2. The van der Waals surface area contributed by atoms with E-state index in [-0.39, 0.29) is 24.7 Å². The highest BCUT2D eigenvalue weighted by molar-refractivity contribution is 9.13. The summed E-state index contributed by atoms with van der Waals surface area (Å²) in [5, 5.41) is 5.10. The molecule has 226 valence electrons. The lowest BCUT2D eigenvalue weighted by Gasteiger charge is -2.18. The number of nitrogens with zero attached hydrogens (tertiary/aromatic N) is 3. The maximum absolute atomic E-state index is 13.8. The van der Waals surface area contributed by atoms with E-state index >= 15 is 0 Å². The van der Waals surface area contributed by atoms with Gasteiger partial charge in [-0.2, -0.15) is 9.78 Å². The number of aromatic nitrogens is 2. The van der Waals surface area contributed by atoms with Crippen LogP contribution in [0.15, 0.2) is 61.3 Å². The van der Waals surface area contributed by atoms with E-state index in [2.05, 4.69) is 50.8 Å². The Kier molecular flexibility index (Phi) is 10.6. The molecule has 11 heteroatoms. The Hall–Kier alpha value is -3.70. The van der Waals surface area contributed by atoms with Gasteiger partial charge in [0.1, 0.15) is 5.75 Å². The molecule has 0 aliphatic carbocycles. The number of benzene rings is 3. The molecule has 0 spiro atoms. The van der Waals surface area contributed by atoms with Crippen molar-refractivity contribution in [3.8, 4) is 28.6 Å². The molecule has 1 aromatic heterocycles. The van der Waals surface area contributed by atoms with Gasteiger partial charge in [0.05, 0.1) is 41.9 Å². The van der Waals surface area contributed by atoms with Crippen molar-refractivity contribution in [1.82, 2.24) is 9.66 Å². The predicted molar refractivity (Wildman–Crippen MR) is 175 cm³/mol. The number of fused-ring (bicyclic) bond motifs is 1. The molecule has 0 atom stereocenters. The Labute approximate surface area is 267 Å². The van der Waals surface area contributed by atoms with Crippen molar-refractivity contribution in [2.75, 3.05) is 26.9 Å². The molecule has 3 aromatic carbocycles. The summed E-state index contributed by atoms with van der Waals surface area (Å²) in [4.78, 5) is 30.7. The lowest BCUT2D eigenvalue weighted by molar-refractivity contribution is -0.145. The average Bonchev–Trinajstić information content (AvgIpc) is 2.98. The second-order valence-corrected chi connectivity index (χ2v) is 11.4. The average molecular weight is 715 g/mol. The Morgan fingerprint density at radius 1 is 1.05 bits per heavy atom. The summed E-state index contributed by atoms with van der Waals surface area (Å²) in [5.41, 5.74) is 3.50. The van der Waals surface area contributed by atoms with Crippen LogP contribution in [0.2, 0.25) is 0 Å². The Bertz CT molecular complexity index is 1750. The molecule has 0 aliphatic rings. The largest absolute Gasteiger partial charge is 0.496 e. The highest BCUT2D eigenvalue weighted by Gasteiger charge is 2.21. The fourth-order valence-electron chi connectivity index (χ4n) is 4.52. The van der Waals surface area contributed by atoms with Gasteiger partial charge >= 0.3 is 5.97 Å². The third-order valence-electron chi connectivity index (χ3n) is 6.60. The van der Waals surface area contributed by atoms with Gasteiger partial charge in [-0.1, -0.05) is 26.0 Å². The SMILES string of the molecule is CCOC(=O)COc1c(OCC)cc(C=Nn2c(-c3cc(C(C)C)c(OC)cc3C)nc3ccccc3c2=O)c(Br)c1Br. The predicted octanol–water partition coefficient (Wildman–Crippen LogP) is 7.25. The quantitative estimate of drug-likeness (QED) is 0.119. The van der Waals surface area contributed by atoms with E-state index < -0.39 is 5.97 Å². The Balaban J connectivity index is 1.89. The van der Waals surface area contributed by atoms with Crippen LogP contribution in [0.5, 0.6) is 17.2 Å². The lowest BCUT2D eigenvalue weighted by atomic mass is 9.96. The van der Waals surface area contributed by atoms with E-state index in [4.69, 9.17) is 23.9 Å². The van der Waals surface area contributed by atoms with Gasteiger partial charge in [-0.25, -0.2) is 9.78 Å². The summed E-state index contributed by atoms with van der Waals surface area (Å²) in [7, 11) is 1.65. The molecule has 4 aromatic rings. The van der Waals surface area contributed by atoms with Crippen LogP contribution in [0.1, 0.15) is 50.3 Å². The van der Waals surface area contributed by atoms with Crippen LogP contribution in [0.3, 0.4) is 0 Å². The van der Waals surface area contributed by atoms with Gasteiger partial charge in [-0.3, -0.25) is 4.79 Å². The summed E-state index contributed by atoms with van der Waals surface area (Å²) >= 11 is 7.15. The number of ether oxygens (including phenoxy) is 4. The molecule has 0 fully saturated rings. The maximum atomic E-state index is 13.8. The van der Waals surface area contributed by atoms with Gasteiger partial charge in [-0.05, 0) is 100 Å². The van der Waals surface area contributed by atoms with Crippen LogP contribution in [0, 0.1) is 6.92 Å². The number of carbonyl (C=O) groups is 1. The van der Waals surface area contributed by atoms with Gasteiger partial charge in [0.25, 0.3) is 5.56 Å². The van der Waals surface area contributed by atoms with E-state index in [1.165, 1.54) is 4.68 Å². The molecular weight excluding hydrogens is 682 g/mol. The zero-order valence-corrected chi connectivity index (χ0v) is 28.0. The molecule has 43 heavy (non-hydrogen) atoms. The number of methoxy groups -OCH3 is 1. The van der Waals surface area contributed by atoms with Crippen LogP contribution in [-0.4, -0.2) is 48.8 Å². The van der Waals surface area contributed by atoms with Crippen LogP contribution >= 0.6 is 31.9 Å². The zero-order chi connectivity index (χ0) is 31.3. The van der Waals surface area contributed by atoms with Crippen molar-refractivity contribution in [2.45, 2.75) is 40.5 Å². The smallest absolute Gasteiger partial charge is 0.344 e. The topological polar surface area (TPSA) is 101 Å². The van der Waals surface area contributed by atoms with Crippen LogP contribution in [0.4, 0.5) is 0 Å². The van der Waals surface area contributed by atoms with Crippen LogP contribution < -0.4 is 19.8 Å². The molecule has 0 saturated carbocycles. The number of halogens is 2. The van der Waals surface area contributed by atoms with Crippen molar-refractivity contribution in [3.05, 3.63) is 78.5 Å². The Morgan fingerprint density at radius 2 is 1.79 bits per heavy atom. The maximum Gasteiger partial charge on any atom is 0.344 e. The van der Waals surface area contributed by atoms with Crippen molar-refractivity contribution in [3.63, 3.8) is 0 Å². The molecule has 1 heterocycles. The van der Waals surface area contributed by atoms with E-state index in [9.17, 15) is 9.59 Å². The van der Waals surface area contributed by atoms with Gasteiger partial charge < -0.3 is 18.9 Å². The first kappa shape index (κ1) is 32.2. The molecule has 9 nitrogen and oxygen atoms in total. The van der Waals surface area contributed by atoms with Crippen molar-refractivity contribution < 1.29 is 23.7 Å². The van der Waals surface area contributed by atoms with E-state index in [0.29, 0.717) is 49.3 Å². The number of aryl methyl sites for hydroxylation is 1. The Morgan fingerprint density at radius 3 is 2.47 bits per heavy atom. The molecule has 0 amide bonds. The van der Waals surface area contributed by atoms with Gasteiger partial charge in [-0.15, -0.1) is 0 Å². The van der Waals surface area contributed by atoms with Crippen LogP contribution in [-0.2, 0) is 9.53 Å². The summed E-state index contributed by atoms with van der Waals surface area (Å²) in [6.45, 7) is 10.0.